The van der Waals surface area contributed by atoms with E-state index in [1.807, 2.05) is 6.20 Å². The van der Waals surface area contributed by atoms with E-state index in [-0.39, 0.29) is 0 Å². The molecule has 5 heteroatoms. The van der Waals surface area contributed by atoms with Crippen LogP contribution in [0.2, 0.25) is 0 Å². The molecule has 2 unspecified atom stereocenters. The zero-order valence-corrected chi connectivity index (χ0v) is 12.2. The monoisotopic (exact) mass is 291 g/mol. The molecule has 3 aromatic rings. The minimum Gasteiger partial charge on any atom is -0.361 e. The lowest BCUT2D eigenvalue weighted by Gasteiger charge is -2.29. The fraction of sp³-hybridized carbons (Fsp3) is 0.294. The smallest absolute Gasteiger partial charge is 0.151 e. The summed E-state index contributed by atoms with van der Waals surface area (Å²) in [6.07, 6.45) is 1.96. The number of nitrogens with one attached hydrogen (secondary N) is 2. The van der Waals surface area contributed by atoms with E-state index >= 15 is 0 Å². The third-order valence-electron chi connectivity index (χ3n) is 4.91. The van der Waals surface area contributed by atoms with Gasteiger partial charge in [0.1, 0.15) is 0 Å². The van der Waals surface area contributed by atoms with Crippen molar-refractivity contribution in [2.45, 2.75) is 6.04 Å². The van der Waals surface area contributed by atoms with Gasteiger partial charge in [0, 0.05) is 54.3 Å². The van der Waals surface area contributed by atoms with Gasteiger partial charge in [-0.25, -0.2) is 0 Å². The van der Waals surface area contributed by atoms with Crippen LogP contribution >= 0.6 is 0 Å². The maximum atomic E-state index is 4.44. The summed E-state index contributed by atoms with van der Waals surface area (Å²) < 4.78 is 0. The van der Waals surface area contributed by atoms with Crippen LogP contribution in [0.15, 0.2) is 42.6 Å². The standard InChI is InChI=1S/C17H17N5/c1-2-14-12(5-6-18-14)7-11(1)15-3-4-17(21-20-15)22-9-13-8-19-16(13)10-22/h1-7,13,16,18-19H,8-10H2. The van der Waals surface area contributed by atoms with Gasteiger partial charge in [0.05, 0.1) is 5.69 Å². The van der Waals surface area contributed by atoms with Crippen molar-refractivity contribution in [3.63, 3.8) is 0 Å². The van der Waals surface area contributed by atoms with Crippen molar-refractivity contribution in [1.82, 2.24) is 20.5 Å². The van der Waals surface area contributed by atoms with Gasteiger partial charge in [-0.1, -0.05) is 6.07 Å². The molecule has 0 saturated carbocycles. The minimum atomic E-state index is 0.650. The van der Waals surface area contributed by atoms with Crippen LogP contribution in [0.1, 0.15) is 0 Å². The van der Waals surface area contributed by atoms with Crippen molar-refractivity contribution in [3.05, 3.63) is 42.6 Å². The Morgan fingerprint density at radius 1 is 1.05 bits per heavy atom. The summed E-state index contributed by atoms with van der Waals surface area (Å²) in [5.74, 6) is 1.78. The van der Waals surface area contributed by atoms with Gasteiger partial charge >= 0.3 is 0 Å². The summed E-state index contributed by atoms with van der Waals surface area (Å²) in [7, 11) is 0. The Balaban J connectivity index is 1.43. The lowest BCUT2D eigenvalue weighted by Crippen LogP contribution is -2.51. The lowest BCUT2D eigenvalue weighted by atomic mass is 9.96. The second-order valence-electron chi connectivity index (χ2n) is 6.24. The van der Waals surface area contributed by atoms with E-state index in [0.717, 1.165) is 48.1 Å². The molecule has 0 amide bonds. The van der Waals surface area contributed by atoms with Gasteiger partial charge in [-0.2, -0.15) is 0 Å². The SMILES string of the molecule is c1cc2cc(-c3ccc(N4CC5CNC5C4)nn3)ccc2[nH]1. The van der Waals surface area contributed by atoms with Gasteiger partial charge in [-0.3, -0.25) is 0 Å². The van der Waals surface area contributed by atoms with E-state index in [9.17, 15) is 0 Å². The molecule has 5 nitrogen and oxygen atoms in total. The Hall–Kier alpha value is -2.40. The van der Waals surface area contributed by atoms with Gasteiger partial charge < -0.3 is 15.2 Å². The van der Waals surface area contributed by atoms with Crippen molar-refractivity contribution in [2.75, 3.05) is 24.5 Å². The number of anilines is 1. The summed E-state index contributed by atoms with van der Waals surface area (Å²) in [5.41, 5.74) is 3.18. The molecule has 0 spiro atoms. The van der Waals surface area contributed by atoms with Crippen molar-refractivity contribution < 1.29 is 0 Å². The molecule has 110 valence electrons. The fourth-order valence-corrected chi connectivity index (χ4v) is 3.50. The van der Waals surface area contributed by atoms with E-state index in [1.54, 1.807) is 0 Å². The average Bonchev–Trinajstić information content (AvgIpc) is 3.12. The van der Waals surface area contributed by atoms with Crippen LogP contribution in [-0.2, 0) is 0 Å². The molecule has 22 heavy (non-hydrogen) atoms. The first-order valence-corrected chi connectivity index (χ1v) is 7.76. The van der Waals surface area contributed by atoms with Gasteiger partial charge in [0.15, 0.2) is 5.82 Å². The Bertz CT molecular complexity index is 810. The predicted molar refractivity (Wildman–Crippen MR) is 86.8 cm³/mol. The maximum Gasteiger partial charge on any atom is 0.151 e. The molecule has 1 aromatic carbocycles. The second-order valence-corrected chi connectivity index (χ2v) is 6.24. The molecule has 0 bridgehead atoms. The number of nitrogens with zero attached hydrogens (tertiary/aromatic N) is 3. The van der Waals surface area contributed by atoms with Crippen molar-refractivity contribution in [3.8, 4) is 11.3 Å². The Morgan fingerprint density at radius 3 is 2.77 bits per heavy atom. The molecule has 5 rings (SSSR count). The molecule has 2 fully saturated rings. The quantitative estimate of drug-likeness (QED) is 0.758. The summed E-state index contributed by atoms with van der Waals surface area (Å²) in [6, 6.07) is 13.2. The number of fused-ring (bicyclic) bond motifs is 2. The number of hydrogen-bond donors (Lipinski definition) is 2. The molecule has 0 aliphatic carbocycles. The first-order valence-electron chi connectivity index (χ1n) is 7.76. The Labute approximate surface area is 128 Å². The molecular weight excluding hydrogens is 274 g/mol. The molecular formula is C17H17N5. The molecule has 4 heterocycles. The highest BCUT2D eigenvalue weighted by Crippen LogP contribution is 2.28. The number of aromatic amines is 1. The minimum absolute atomic E-state index is 0.650. The Morgan fingerprint density at radius 2 is 2.05 bits per heavy atom. The van der Waals surface area contributed by atoms with Crippen LogP contribution in [0.25, 0.3) is 22.2 Å². The molecule has 0 radical (unpaired) electrons. The molecule has 2 saturated heterocycles. The van der Waals surface area contributed by atoms with Crippen molar-refractivity contribution >= 4 is 16.7 Å². The fourth-order valence-electron chi connectivity index (χ4n) is 3.50. The van der Waals surface area contributed by atoms with Gasteiger partial charge in [-0.05, 0) is 30.3 Å². The summed E-state index contributed by atoms with van der Waals surface area (Å²) in [6.45, 7) is 3.29. The largest absolute Gasteiger partial charge is 0.361 e. The van der Waals surface area contributed by atoms with E-state index in [1.165, 1.54) is 5.39 Å². The number of rotatable bonds is 2. The predicted octanol–water partition coefficient (Wildman–Crippen LogP) is 2.03. The van der Waals surface area contributed by atoms with Crippen molar-refractivity contribution in [2.24, 2.45) is 5.92 Å². The third-order valence-corrected chi connectivity index (χ3v) is 4.91. The van der Waals surface area contributed by atoms with E-state index in [4.69, 9.17) is 0 Å². The van der Waals surface area contributed by atoms with Crippen LogP contribution in [0, 0.1) is 5.92 Å². The third kappa shape index (κ3) is 1.82. The zero-order valence-electron chi connectivity index (χ0n) is 12.2. The highest BCUT2D eigenvalue weighted by atomic mass is 15.3. The average molecular weight is 291 g/mol. The highest BCUT2D eigenvalue weighted by Gasteiger charge is 2.39. The molecule has 2 aliphatic rings. The topological polar surface area (TPSA) is 56.8 Å². The van der Waals surface area contributed by atoms with Crippen LogP contribution in [0.4, 0.5) is 5.82 Å². The highest BCUT2D eigenvalue weighted by molar-refractivity contribution is 5.84. The first-order chi connectivity index (χ1) is 10.9. The number of H-pyrrole nitrogens is 1. The van der Waals surface area contributed by atoms with Gasteiger partial charge in [-0.15, -0.1) is 10.2 Å². The molecule has 2 aromatic heterocycles. The maximum absolute atomic E-state index is 4.44. The summed E-state index contributed by atoms with van der Waals surface area (Å²) >= 11 is 0. The van der Waals surface area contributed by atoms with Crippen LogP contribution in [0.3, 0.4) is 0 Å². The number of hydrogen-bond acceptors (Lipinski definition) is 4. The summed E-state index contributed by atoms with van der Waals surface area (Å²) in [4.78, 5) is 5.54. The summed E-state index contributed by atoms with van der Waals surface area (Å²) in [5, 5.41) is 13.5. The Kier molecular flexibility index (Phi) is 2.52. The number of benzene rings is 1. The van der Waals surface area contributed by atoms with Crippen molar-refractivity contribution in [1.29, 1.82) is 0 Å². The van der Waals surface area contributed by atoms with Crippen LogP contribution in [0.5, 0.6) is 0 Å². The zero-order chi connectivity index (χ0) is 14.5. The van der Waals surface area contributed by atoms with E-state index in [2.05, 4.69) is 61.8 Å². The second kappa shape index (κ2) is 4.55. The molecule has 2 atom stereocenters. The van der Waals surface area contributed by atoms with E-state index < -0.39 is 0 Å². The van der Waals surface area contributed by atoms with Crippen LogP contribution in [-0.4, -0.2) is 40.9 Å². The number of aromatic nitrogens is 3. The van der Waals surface area contributed by atoms with Crippen LogP contribution < -0.4 is 10.2 Å². The molecule has 2 N–H and O–H groups in total. The lowest BCUT2D eigenvalue weighted by molar-refractivity contribution is 0.297. The normalized spacial score (nSPS) is 23.5. The molecule has 2 aliphatic heterocycles. The van der Waals surface area contributed by atoms with Gasteiger partial charge in [0.2, 0.25) is 0 Å². The van der Waals surface area contributed by atoms with Gasteiger partial charge in [0.25, 0.3) is 0 Å². The van der Waals surface area contributed by atoms with E-state index in [0.29, 0.717) is 6.04 Å². The first kappa shape index (κ1) is 12.2.